The first-order chi connectivity index (χ1) is 13.2. The van der Waals surface area contributed by atoms with E-state index in [1.54, 1.807) is 6.92 Å². The lowest BCUT2D eigenvalue weighted by atomic mass is 9.90. The number of nitrogens with one attached hydrogen (secondary N) is 2. The molecule has 0 aromatic heterocycles. The van der Waals surface area contributed by atoms with Gasteiger partial charge in [0.25, 0.3) is 0 Å². The standard InChI is InChI=1S/C23H29N3O/c1-17(27)24-20-10-12-21(13-11-20)25-22-8-4-2-7-19(22)16-26-15-14-18-6-3-5-9-23(18)26/h2-9,20-21,25H,10-16H2,1H3,(H,24,27). The Hall–Kier alpha value is -2.49. The van der Waals surface area contributed by atoms with Crippen molar-refractivity contribution in [3.05, 3.63) is 59.7 Å². The third-order valence-electron chi connectivity index (χ3n) is 5.86. The lowest BCUT2D eigenvalue weighted by Crippen LogP contribution is -2.39. The number of para-hydroxylation sites is 2. The topological polar surface area (TPSA) is 44.4 Å². The molecule has 0 spiro atoms. The predicted molar refractivity (Wildman–Crippen MR) is 111 cm³/mol. The van der Waals surface area contributed by atoms with E-state index < -0.39 is 0 Å². The molecule has 27 heavy (non-hydrogen) atoms. The first-order valence-corrected chi connectivity index (χ1v) is 10.1. The first-order valence-electron chi connectivity index (χ1n) is 10.1. The van der Waals surface area contributed by atoms with E-state index in [0.717, 1.165) is 45.2 Å². The average Bonchev–Trinajstić information content (AvgIpc) is 3.08. The van der Waals surface area contributed by atoms with Crippen molar-refractivity contribution in [3.8, 4) is 0 Å². The highest BCUT2D eigenvalue weighted by atomic mass is 16.1. The largest absolute Gasteiger partial charge is 0.382 e. The maximum absolute atomic E-state index is 11.3. The third kappa shape index (κ3) is 4.26. The first kappa shape index (κ1) is 17.9. The van der Waals surface area contributed by atoms with E-state index in [2.05, 4.69) is 64.1 Å². The second-order valence-corrected chi connectivity index (χ2v) is 7.85. The fourth-order valence-corrected chi connectivity index (χ4v) is 4.46. The summed E-state index contributed by atoms with van der Waals surface area (Å²) in [5, 5.41) is 6.84. The van der Waals surface area contributed by atoms with Gasteiger partial charge >= 0.3 is 0 Å². The molecule has 0 saturated heterocycles. The number of benzene rings is 2. The normalized spacial score (nSPS) is 21.6. The molecule has 0 atom stereocenters. The van der Waals surface area contributed by atoms with E-state index in [-0.39, 0.29) is 5.91 Å². The number of hydrogen-bond donors (Lipinski definition) is 2. The van der Waals surface area contributed by atoms with Crippen molar-refractivity contribution in [3.63, 3.8) is 0 Å². The summed E-state index contributed by atoms with van der Waals surface area (Å²) in [6.07, 6.45) is 5.45. The molecular weight excluding hydrogens is 334 g/mol. The van der Waals surface area contributed by atoms with Crippen LogP contribution in [-0.4, -0.2) is 24.5 Å². The number of rotatable bonds is 5. The van der Waals surface area contributed by atoms with Crippen LogP contribution in [0.5, 0.6) is 0 Å². The van der Waals surface area contributed by atoms with Crippen LogP contribution in [0.15, 0.2) is 48.5 Å². The van der Waals surface area contributed by atoms with Crippen molar-refractivity contribution in [1.29, 1.82) is 0 Å². The molecule has 1 saturated carbocycles. The third-order valence-corrected chi connectivity index (χ3v) is 5.86. The Kier molecular flexibility index (Phi) is 5.33. The summed E-state index contributed by atoms with van der Waals surface area (Å²) >= 11 is 0. The average molecular weight is 364 g/mol. The van der Waals surface area contributed by atoms with Gasteiger partial charge in [-0.25, -0.2) is 0 Å². The quantitative estimate of drug-likeness (QED) is 0.840. The molecule has 0 unspecified atom stereocenters. The number of carbonyl (C=O) groups excluding carboxylic acids is 1. The molecular formula is C23H29N3O. The summed E-state index contributed by atoms with van der Waals surface area (Å²) in [5.41, 5.74) is 5.45. The Morgan fingerprint density at radius 3 is 2.52 bits per heavy atom. The number of amides is 1. The second-order valence-electron chi connectivity index (χ2n) is 7.85. The maximum Gasteiger partial charge on any atom is 0.217 e. The molecule has 1 amide bonds. The molecule has 0 bridgehead atoms. The number of fused-ring (bicyclic) bond motifs is 1. The van der Waals surface area contributed by atoms with Gasteiger partial charge in [0.1, 0.15) is 0 Å². The highest BCUT2D eigenvalue weighted by Gasteiger charge is 2.23. The van der Waals surface area contributed by atoms with Crippen LogP contribution in [0.3, 0.4) is 0 Å². The van der Waals surface area contributed by atoms with Gasteiger partial charge in [-0.15, -0.1) is 0 Å². The van der Waals surface area contributed by atoms with Crippen LogP contribution in [0, 0.1) is 0 Å². The van der Waals surface area contributed by atoms with Gasteiger partial charge < -0.3 is 15.5 Å². The fraction of sp³-hybridized carbons (Fsp3) is 0.435. The van der Waals surface area contributed by atoms with Gasteiger partial charge in [-0.1, -0.05) is 36.4 Å². The van der Waals surface area contributed by atoms with Crippen molar-refractivity contribution in [1.82, 2.24) is 5.32 Å². The number of anilines is 2. The van der Waals surface area contributed by atoms with E-state index in [0.29, 0.717) is 12.1 Å². The number of carbonyl (C=O) groups is 1. The van der Waals surface area contributed by atoms with E-state index in [1.807, 2.05) is 0 Å². The molecule has 4 heteroatoms. The van der Waals surface area contributed by atoms with Gasteiger partial charge in [-0.3, -0.25) is 4.79 Å². The van der Waals surface area contributed by atoms with Gasteiger partial charge in [-0.05, 0) is 55.4 Å². The summed E-state index contributed by atoms with van der Waals surface area (Å²) < 4.78 is 0. The minimum atomic E-state index is 0.0858. The molecule has 4 nitrogen and oxygen atoms in total. The van der Waals surface area contributed by atoms with Crippen molar-refractivity contribution < 1.29 is 4.79 Å². The summed E-state index contributed by atoms with van der Waals surface area (Å²) in [6.45, 7) is 3.65. The number of nitrogens with zero attached hydrogens (tertiary/aromatic N) is 1. The summed E-state index contributed by atoms with van der Waals surface area (Å²) in [7, 11) is 0. The van der Waals surface area contributed by atoms with Crippen molar-refractivity contribution in [2.75, 3.05) is 16.8 Å². The monoisotopic (exact) mass is 363 g/mol. The minimum Gasteiger partial charge on any atom is -0.382 e. The lowest BCUT2D eigenvalue weighted by molar-refractivity contribution is -0.119. The molecule has 1 heterocycles. The van der Waals surface area contributed by atoms with Crippen LogP contribution in [0.25, 0.3) is 0 Å². The van der Waals surface area contributed by atoms with Gasteiger partial charge in [0, 0.05) is 43.5 Å². The van der Waals surface area contributed by atoms with Gasteiger partial charge in [0.05, 0.1) is 0 Å². The van der Waals surface area contributed by atoms with E-state index in [1.165, 1.54) is 22.5 Å². The minimum absolute atomic E-state index is 0.0858. The SMILES string of the molecule is CC(=O)NC1CCC(Nc2ccccc2CN2CCc3ccccc32)CC1. The molecule has 4 rings (SSSR count). The molecule has 142 valence electrons. The van der Waals surface area contributed by atoms with Crippen LogP contribution in [0.2, 0.25) is 0 Å². The fourth-order valence-electron chi connectivity index (χ4n) is 4.46. The molecule has 1 aliphatic heterocycles. The predicted octanol–water partition coefficient (Wildman–Crippen LogP) is 4.11. The zero-order chi connectivity index (χ0) is 18.6. The van der Waals surface area contributed by atoms with E-state index >= 15 is 0 Å². The maximum atomic E-state index is 11.3. The lowest BCUT2D eigenvalue weighted by Gasteiger charge is -2.31. The highest BCUT2D eigenvalue weighted by molar-refractivity contribution is 5.73. The molecule has 2 aliphatic rings. The molecule has 2 aromatic rings. The zero-order valence-electron chi connectivity index (χ0n) is 16.1. The summed E-state index contributed by atoms with van der Waals surface area (Å²) in [5.74, 6) is 0.0858. The Balaban J connectivity index is 1.40. The molecule has 0 radical (unpaired) electrons. The highest BCUT2D eigenvalue weighted by Crippen LogP contribution is 2.31. The Morgan fingerprint density at radius 1 is 1.00 bits per heavy atom. The van der Waals surface area contributed by atoms with Crippen LogP contribution >= 0.6 is 0 Å². The Bertz CT molecular complexity index is 796. The van der Waals surface area contributed by atoms with Crippen LogP contribution < -0.4 is 15.5 Å². The van der Waals surface area contributed by atoms with Gasteiger partial charge in [0.15, 0.2) is 0 Å². The second kappa shape index (κ2) is 8.03. The molecule has 1 aliphatic carbocycles. The zero-order valence-corrected chi connectivity index (χ0v) is 16.1. The van der Waals surface area contributed by atoms with E-state index in [4.69, 9.17) is 0 Å². The van der Waals surface area contributed by atoms with Crippen LogP contribution in [-0.2, 0) is 17.8 Å². The van der Waals surface area contributed by atoms with Crippen LogP contribution in [0.4, 0.5) is 11.4 Å². The molecule has 2 N–H and O–H groups in total. The van der Waals surface area contributed by atoms with E-state index in [9.17, 15) is 4.79 Å². The number of hydrogen-bond acceptors (Lipinski definition) is 3. The van der Waals surface area contributed by atoms with Gasteiger partial charge in [0.2, 0.25) is 5.91 Å². The summed E-state index contributed by atoms with van der Waals surface area (Å²) in [6, 6.07) is 18.3. The molecule has 2 aromatic carbocycles. The summed E-state index contributed by atoms with van der Waals surface area (Å²) in [4.78, 5) is 13.7. The van der Waals surface area contributed by atoms with Crippen molar-refractivity contribution >= 4 is 17.3 Å². The smallest absolute Gasteiger partial charge is 0.217 e. The molecule has 1 fully saturated rings. The Morgan fingerprint density at radius 2 is 1.70 bits per heavy atom. The van der Waals surface area contributed by atoms with Gasteiger partial charge in [-0.2, -0.15) is 0 Å². The Labute approximate surface area is 162 Å². The van der Waals surface area contributed by atoms with Crippen LogP contribution in [0.1, 0.15) is 43.7 Å². The van der Waals surface area contributed by atoms with Crippen molar-refractivity contribution in [2.24, 2.45) is 0 Å². The van der Waals surface area contributed by atoms with Crippen molar-refractivity contribution in [2.45, 2.75) is 57.7 Å².